The Kier molecular flexibility index (Phi) is 4.32. The van der Waals surface area contributed by atoms with Crippen LogP contribution in [0.4, 0.5) is 5.69 Å². The molecule has 1 rings (SSSR count). The smallest absolute Gasteiger partial charge is 0.0765 e. The van der Waals surface area contributed by atoms with E-state index in [0.717, 1.165) is 10.9 Å². The second-order valence-corrected chi connectivity index (χ2v) is 6.71. The lowest BCUT2D eigenvalue weighted by Gasteiger charge is -2.34. The second kappa shape index (κ2) is 5.32. The SMILES string of the molecule is CCc1ccc(N(O)S(C)(CC)N=O)cc1. The number of hydrogen-bond acceptors (Lipinski definition) is 4. The van der Waals surface area contributed by atoms with Crippen LogP contribution >= 0.6 is 10.4 Å². The van der Waals surface area contributed by atoms with Gasteiger partial charge in [-0.05, 0) is 34.5 Å². The average Bonchev–Trinajstić information content (AvgIpc) is 2.37. The van der Waals surface area contributed by atoms with Crippen LogP contribution in [0.1, 0.15) is 19.4 Å². The number of hydrogen-bond donors (Lipinski definition) is 1. The maximum absolute atomic E-state index is 10.8. The first-order chi connectivity index (χ1) is 7.57. The standard InChI is InChI=1S/C11H18N2O2S/c1-4-10-6-8-11(9-7-10)13(15)16(3,5-2)12-14/h6-9,15H,4-5H2,1-3H3. The summed E-state index contributed by atoms with van der Waals surface area (Å²) in [4.78, 5) is 10.8. The molecule has 0 amide bonds. The highest BCUT2D eigenvalue weighted by Crippen LogP contribution is 2.49. The topological polar surface area (TPSA) is 52.9 Å². The van der Waals surface area contributed by atoms with Gasteiger partial charge in [0.05, 0.1) is 5.69 Å². The van der Waals surface area contributed by atoms with Gasteiger partial charge in [-0.15, -0.1) is 4.91 Å². The van der Waals surface area contributed by atoms with Gasteiger partial charge in [-0.3, -0.25) is 5.21 Å². The summed E-state index contributed by atoms with van der Waals surface area (Å²) in [5.74, 6) is 0.530. The van der Waals surface area contributed by atoms with Crippen molar-refractivity contribution in [3.05, 3.63) is 34.7 Å². The fourth-order valence-electron chi connectivity index (χ4n) is 1.29. The van der Waals surface area contributed by atoms with Crippen molar-refractivity contribution < 1.29 is 5.21 Å². The van der Waals surface area contributed by atoms with E-state index < -0.39 is 10.4 Å². The third-order valence-electron chi connectivity index (χ3n) is 2.65. The minimum Gasteiger partial charge on any atom is -0.277 e. The molecule has 5 heteroatoms. The van der Waals surface area contributed by atoms with E-state index in [2.05, 4.69) is 11.5 Å². The van der Waals surface area contributed by atoms with E-state index in [-0.39, 0.29) is 0 Å². The lowest BCUT2D eigenvalue weighted by Crippen LogP contribution is -2.23. The zero-order valence-corrected chi connectivity index (χ0v) is 10.7. The Morgan fingerprint density at radius 3 is 2.25 bits per heavy atom. The van der Waals surface area contributed by atoms with Crippen LogP contribution in [0.15, 0.2) is 28.8 Å². The van der Waals surface area contributed by atoms with Gasteiger partial charge in [0.25, 0.3) is 0 Å². The second-order valence-electron chi connectivity index (χ2n) is 3.65. The van der Waals surface area contributed by atoms with Crippen LogP contribution in [-0.2, 0) is 6.42 Å². The van der Waals surface area contributed by atoms with Crippen LogP contribution in [0.25, 0.3) is 0 Å². The Morgan fingerprint density at radius 2 is 1.88 bits per heavy atom. The molecule has 1 aromatic carbocycles. The molecule has 0 heterocycles. The van der Waals surface area contributed by atoms with Crippen LogP contribution in [0.5, 0.6) is 0 Å². The fraction of sp³-hybridized carbons (Fsp3) is 0.455. The number of nitroso groups, excluding NO2 is 1. The Labute approximate surface area is 97.8 Å². The molecule has 0 saturated carbocycles. The van der Waals surface area contributed by atoms with Crippen LogP contribution in [0.3, 0.4) is 0 Å². The summed E-state index contributed by atoms with van der Waals surface area (Å²) in [5, 5.41) is 9.98. The highest BCUT2D eigenvalue weighted by molar-refractivity contribution is 8.32. The van der Waals surface area contributed by atoms with Crippen molar-refractivity contribution in [2.45, 2.75) is 20.3 Å². The largest absolute Gasteiger partial charge is 0.277 e. The van der Waals surface area contributed by atoms with Gasteiger partial charge in [0, 0.05) is 16.6 Å². The van der Waals surface area contributed by atoms with E-state index in [1.54, 1.807) is 6.26 Å². The molecule has 1 atom stereocenters. The molecule has 0 aliphatic carbocycles. The average molecular weight is 242 g/mol. The van der Waals surface area contributed by atoms with Crippen molar-refractivity contribution in [1.29, 1.82) is 0 Å². The minimum atomic E-state index is -2.01. The van der Waals surface area contributed by atoms with Crippen molar-refractivity contribution in [2.24, 2.45) is 4.58 Å². The van der Waals surface area contributed by atoms with Crippen molar-refractivity contribution in [3.63, 3.8) is 0 Å². The quantitative estimate of drug-likeness (QED) is 0.635. The third-order valence-corrected chi connectivity index (χ3v) is 5.02. The van der Waals surface area contributed by atoms with Gasteiger partial charge in [-0.1, -0.05) is 26.0 Å². The van der Waals surface area contributed by atoms with E-state index in [0.29, 0.717) is 11.4 Å². The third kappa shape index (κ3) is 2.54. The Bertz CT molecular complexity index is 356. The Hall–Kier alpha value is -1.07. The van der Waals surface area contributed by atoms with Crippen LogP contribution in [-0.4, -0.2) is 17.2 Å². The van der Waals surface area contributed by atoms with Crippen LogP contribution in [0, 0.1) is 4.91 Å². The molecule has 0 aliphatic rings. The first-order valence-electron chi connectivity index (χ1n) is 5.26. The van der Waals surface area contributed by atoms with Crippen molar-refractivity contribution in [2.75, 3.05) is 16.5 Å². The summed E-state index contributed by atoms with van der Waals surface area (Å²) >= 11 is 0. The molecular formula is C11H18N2O2S. The molecule has 0 spiro atoms. The van der Waals surface area contributed by atoms with Crippen LogP contribution in [0.2, 0.25) is 0 Å². The van der Waals surface area contributed by atoms with Gasteiger partial charge in [-0.25, -0.2) is 0 Å². The van der Waals surface area contributed by atoms with Gasteiger partial charge >= 0.3 is 0 Å². The highest BCUT2D eigenvalue weighted by Gasteiger charge is 2.25. The summed E-state index contributed by atoms with van der Waals surface area (Å²) in [6.07, 6.45) is 2.64. The van der Waals surface area contributed by atoms with Gasteiger partial charge in [-0.2, -0.15) is 4.47 Å². The predicted octanol–water partition coefficient (Wildman–Crippen LogP) is 3.50. The minimum absolute atomic E-state index is 0.530. The highest BCUT2D eigenvalue weighted by atomic mass is 32.3. The summed E-state index contributed by atoms with van der Waals surface area (Å²) in [5.41, 5.74) is 1.82. The molecule has 0 aliphatic heterocycles. The molecule has 90 valence electrons. The molecule has 0 saturated heterocycles. The monoisotopic (exact) mass is 242 g/mol. The van der Waals surface area contributed by atoms with Crippen molar-refractivity contribution >= 4 is 16.1 Å². The predicted molar refractivity (Wildman–Crippen MR) is 69.9 cm³/mol. The van der Waals surface area contributed by atoms with Gasteiger partial charge in [0.1, 0.15) is 0 Å². The van der Waals surface area contributed by atoms with Crippen molar-refractivity contribution in [3.8, 4) is 0 Å². The normalized spacial score (nSPS) is 16.2. The van der Waals surface area contributed by atoms with E-state index in [1.807, 2.05) is 31.2 Å². The van der Waals surface area contributed by atoms with E-state index in [9.17, 15) is 10.1 Å². The number of aryl methyl sites for hydroxylation is 1. The molecule has 4 nitrogen and oxygen atoms in total. The fourth-order valence-corrected chi connectivity index (χ4v) is 2.28. The lowest BCUT2D eigenvalue weighted by atomic mass is 10.2. The Morgan fingerprint density at radius 1 is 1.31 bits per heavy atom. The summed E-state index contributed by atoms with van der Waals surface area (Å²) in [7, 11) is -2.01. The maximum Gasteiger partial charge on any atom is 0.0765 e. The van der Waals surface area contributed by atoms with E-state index in [1.165, 1.54) is 5.56 Å². The molecule has 16 heavy (non-hydrogen) atoms. The van der Waals surface area contributed by atoms with E-state index in [4.69, 9.17) is 0 Å². The zero-order chi connectivity index (χ0) is 12.2. The maximum atomic E-state index is 10.8. The summed E-state index contributed by atoms with van der Waals surface area (Å²) in [6.45, 7) is 3.92. The Balaban J connectivity index is 2.95. The molecule has 1 aromatic rings. The first kappa shape index (κ1) is 13.0. The van der Waals surface area contributed by atoms with Gasteiger partial charge in [0.2, 0.25) is 0 Å². The molecule has 1 N–H and O–H groups in total. The molecule has 0 fully saturated rings. The molecule has 0 radical (unpaired) electrons. The van der Waals surface area contributed by atoms with Crippen LogP contribution < -0.4 is 4.47 Å². The summed E-state index contributed by atoms with van der Waals surface area (Å²) < 4.78 is 4.08. The zero-order valence-electron chi connectivity index (χ0n) is 9.88. The number of nitrogens with zero attached hydrogens (tertiary/aromatic N) is 2. The molecule has 1 unspecified atom stereocenters. The molecular weight excluding hydrogens is 224 g/mol. The van der Waals surface area contributed by atoms with Gasteiger partial charge in [0.15, 0.2) is 0 Å². The number of benzene rings is 1. The summed E-state index contributed by atoms with van der Waals surface area (Å²) in [6, 6.07) is 7.51. The molecule has 0 bridgehead atoms. The number of rotatable bonds is 5. The lowest BCUT2D eigenvalue weighted by molar-refractivity contribution is 0.327. The first-order valence-corrected chi connectivity index (χ1v) is 7.38. The van der Waals surface area contributed by atoms with Gasteiger partial charge < -0.3 is 0 Å². The number of anilines is 1. The van der Waals surface area contributed by atoms with Crippen molar-refractivity contribution in [1.82, 2.24) is 0 Å². The van der Waals surface area contributed by atoms with E-state index >= 15 is 0 Å². The molecule has 0 aromatic heterocycles.